The molecule has 1 aromatic carbocycles. The summed E-state index contributed by atoms with van der Waals surface area (Å²) in [4.78, 5) is 4.08. The first-order valence-electron chi connectivity index (χ1n) is 7.56. The maximum atomic E-state index is 12.0. The van der Waals surface area contributed by atoms with Crippen LogP contribution in [0.3, 0.4) is 0 Å². The van der Waals surface area contributed by atoms with E-state index in [4.69, 9.17) is 5.73 Å². The molecule has 0 aliphatic heterocycles. The number of aryl methyl sites for hydroxylation is 1. The molecule has 0 unspecified atom stereocenters. The topological polar surface area (TPSA) is 87.8 Å². The number of benzene rings is 1. The molecule has 0 saturated heterocycles. The number of nitrogens with one attached hydrogen (secondary N) is 1. The Hall–Kier alpha value is -1.60. The average Bonchev–Trinajstić information content (AvgIpc) is 2.48. The third-order valence-corrected chi connectivity index (χ3v) is 5.37. The Kier molecular flexibility index (Phi) is 7.34. The Bertz CT molecular complexity index is 578. The summed E-state index contributed by atoms with van der Waals surface area (Å²) in [5.74, 6) is 0.185. The predicted octanol–water partition coefficient (Wildman–Crippen LogP) is 1.65. The minimum Gasteiger partial charge on any atom is -0.370 e. The third-order valence-electron chi connectivity index (χ3n) is 3.36. The number of aliphatic imine (C=N–C) groups is 1. The molecule has 0 saturated carbocycles. The second kappa shape index (κ2) is 8.75. The molecular weight excluding hydrogens is 300 g/mol. The molecule has 0 aliphatic carbocycles. The average molecular weight is 326 g/mol. The van der Waals surface area contributed by atoms with Gasteiger partial charge >= 0.3 is 0 Å². The van der Waals surface area contributed by atoms with E-state index < -0.39 is 10.0 Å². The minimum absolute atomic E-state index is 0.0359. The lowest BCUT2D eigenvalue weighted by atomic mass is 10.1. The number of hydrogen-bond acceptors (Lipinski definition) is 3. The van der Waals surface area contributed by atoms with Gasteiger partial charge in [-0.25, -0.2) is 12.7 Å². The van der Waals surface area contributed by atoms with Gasteiger partial charge in [-0.3, -0.25) is 4.99 Å². The van der Waals surface area contributed by atoms with E-state index in [-0.39, 0.29) is 18.3 Å². The molecule has 0 spiro atoms. The lowest BCUT2D eigenvalue weighted by molar-refractivity contribution is 0.445. The van der Waals surface area contributed by atoms with Gasteiger partial charge in [-0.2, -0.15) is 0 Å². The zero-order chi connectivity index (χ0) is 16.6. The van der Waals surface area contributed by atoms with Crippen LogP contribution in [-0.4, -0.2) is 44.1 Å². The van der Waals surface area contributed by atoms with Crippen molar-refractivity contribution in [2.24, 2.45) is 10.7 Å². The number of nitrogens with zero attached hydrogens (tertiary/aromatic N) is 2. The lowest BCUT2D eigenvalue weighted by Crippen LogP contribution is -2.34. The van der Waals surface area contributed by atoms with Crippen molar-refractivity contribution < 1.29 is 8.42 Å². The first kappa shape index (κ1) is 18.4. The summed E-state index contributed by atoms with van der Waals surface area (Å²) in [6, 6.07) is 7.88. The Labute approximate surface area is 133 Å². The van der Waals surface area contributed by atoms with Crippen molar-refractivity contribution in [2.45, 2.75) is 27.2 Å². The number of hydrogen-bond donors (Lipinski definition) is 2. The number of sulfonamides is 1. The van der Waals surface area contributed by atoms with Crippen molar-refractivity contribution in [3.63, 3.8) is 0 Å². The first-order valence-corrected chi connectivity index (χ1v) is 9.17. The molecule has 0 bridgehead atoms. The molecular formula is C15H26N4O2S. The molecule has 1 rings (SSSR count). The fourth-order valence-corrected chi connectivity index (χ4v) is 3.41. The fourth-order valence-electron chi connectivity index (χ4n) is 2.04. The second-order valence-corrected chi connectivity index (χ2v) is 6.93. The van der Waals surface area contributed by atoms with Crippen molar-refractivity contribution in [3.8, 4) is 0 Å². The molecule has 0 aliphatic rings. The smallest absolute Gasteiger partial charge is 0.215 e. The van der Waals surface area contributed by atoms with Gasteiger partial charge in [0.15, 0.2) is 5.96 Å². The number of guanidine groups is 1. The predicted molar refractivity (Wildman–Crippen MR) is 92.6 cm³/mol. The fraction of sp³-hybridized carbons (Fsp3) is 0.533. The van der Waals surface area contributed by atoms with Crippen LogP contribution in [-0.2, 0) is 16.4 Å². The van der Waals surface area contributed by atoms with Crippen LogP contribution in [0.1, 0.15) is 26.3 Å². The van der Waals surface area contributed by atoms with Gasteiger partial charge in [-0.15, -0.1) is 0 Å². The number of rotatable bonds is 8. The highest BCUT2D eigenvalue weighted by atomic mass is 32.2. The highest BCUT2D eigenvalue weighted by Crippen LogP contribution is 2.09. The summed E-state index contributed by atoms with van der Waals surface area (Å²) in [6.45, 7) is 6.82. The maximum absolute atomic E-state index is 12.0. The van der Waals surface area contributed by atoms with E-state index in [1.165, 1.54) is 9.87 Å². The largest absolute Gasteiger partial charge is 0.370 e. The highest BCUT2D eigenvalue weighted by molar-refractivity contribution is 7.89. The van der Waals surface area contributed by atoms with Gasteiger partial charge in [-0.05, 0) is 24.1 Å². The van der Waals surface area contributed by atoms with Crippen LogP contribution in [0.15, 0.2) is 29.3 Å². The molecule has 0 amide bonds. The highest BCUT2D eigenvalue weighted by Gasteiger charge is 2.17. The summed E-state index contributed by atoms with van der Waals surface area (Å²) in [5.41, 5.74) is 7.86. The molecule has 0 fully saturated rings. The molecule has 0 heterocycles. The van der Waals surface area contributed by atoms with Gasteiger partial charge in [0.1, 0.15) is 0 Å². The van der Waals surface area contributed by atoms with Crippen molar-refractivity contribution in [1.29, 1.82) is 0 Å². The Balaban J connectivity index is 2.55. The molecule has 6 nitrogen and oxygen atoms in total. The van der Waals surface area contributed by atoms with Gasteiger partial charge in [0, 0.05) is 18.8 Å². The second-order valence-electron chi connectivity index (χ2n) is 4.84. The number of anilines is 1. The van der Waals surface area contributed by atoms with Crippen LogP contribution < -0.4 is 11.1 Å². The molecule has 7 heteroatoms. The van der Waals surface area contributed by atoms with E-state index in [0.29, 0.717) is 13.1 Å². The first-order chi connectivity index (χ1) is 10.4. The zero-order valence-electron chi connectivity index (χ0n) is 13.5. The summed E-state index contributed by atoms with van der Waals surface area (Å²) in [5, 5.41) is 2.96. The Morgan fingerprint density at radius 2 is 1.77 bits per heavy atom. The lowest BCUT2D eigenvalue weighted by Gasteiger charge is -2.17. The van der Waals surface area contributed by atoms with Gasteiger partial charge in [0.2, 0.25) is 10.0 Å². The quantitative estimate of drug-likeness (QED) is 0.561. The molecule has 0 aromatic heterocycles. The molecule has 124 valence electrons. The van der Waals surface area contributed by atoms with Gasteiger partial charge in [-0.1, -0.05) is 32.9 Å². The van der Waals surface area contributed by atoms with Gasteiger partial charge < -0.3 is 11.1 Å². The van der Waals surface area contributed by atoms with Crippen LogP contribution >= 0.6 is 0 Å². The SMILES string of the molecule is CCc1ccc(NC(N)=NCCS(=O)(=O)N(CC)CC)cc1. The van der Waals surface area contributed by atoms with Crippen molar-refractivity contribution in [3.05, 3.63) is 29.8 Å². The van der Waals surface area contributed by atoms with E-state index in [2.05, 4.69) is 17.2 Å². The van der Waals surface area contributed by atoms with Gasteiger partial charge in [0.05, 0.1) is 12.3 Å². The summed E-state index contributed by atoms with van der Waals surface area (Å²) >= 11 is 0. The summed E-state index contributed by atoms with van der Waals surface area (Å²) in [7, 11) is -3.26. The molecule has 3 N–H and O–H groups in total. The minimum atomic E-state index is -3.26. The molecule has 0 atom stereocenters. The van der Waals surface area contributed by atoms with Crippen LogP contribution in [0.5, 0.6) is 0 Å². The molecule has 1 aromatic rings. The van der Waals surface area contributed by atoms with Crippen LogP contribution in [0.2, 0.25) is 0 Å². The Morgan fingerprint density at radius 1 is 1.18 bits per heavy atom. The van der Waals surface area contributed by atoms with Gasteiger partial charge in [0.25, 0.3) is 0 Å². The molecule has 22 heavy (non-hydrogen) atoms. The maximum Gasteiger partial charge on any atom is 0.215 e. The third kappa shape index (κ3) is 5.65. The standard InChI is InChI=1S/C15H26N4O2S/c1-4-13-7-9-14(10-8-13)18-15(16)17-11-12-22(20,21)19(5-2)6-3/h7-10H,4-6,11-12H2,1-3H3,(H3,16,17,18). The van der Waals surface area contributed by atoms with Crippen LogP contribution in [0.25, 0.3) is 0 Å². The number of nitrogens with two attached hydrogens (primary N) is 1. The van der Waals surface area contributed by atoms with E-state index in [0.717, 1.165) is 12.1 Å². The van der Waals surface area contributed by atoms with E-state index in [1.54, 1.807) is 0 Å². The zero-order valence-corrected chi connectivity index (χ0v) is 14.4. The van der Waals surface area contributed by atoms with Crippen LogP contribution in [0, 0.1) is 0 Å². The van der Waals surface area contributed by atoms with Crippen LogP contribution in [0.4, 0.5) is 5.69 Å². The normalized spacial score (nSPS) is 12.6. The van der Waals surface area contributed by atoms with Crippen molar-refractivity contribution >= 4 is 21.7 Å². The molecule has 0 radical (unpaired) electrons. The van der Waals surface area contributed by atoms with E-state index >= 15 is 0 Å². The summed E-state index contributed by atoms with van der Waals surface area (Å²) in [6.07, 6.45) is 0.979. The van der Waals surface area contributed by atoms with Crippen molar-refractivity contribution in [2.75, 3.05) is 30.7 Å². The Morgan fingerprint density at radius 3 is 2.27 bits per heavy atom. The monoisotopic (exact) mass is 326 g/mol. The van der Waals surface area contributed by atoms with E-state index in [9.17, 15) is 8.42 Å². The van der Waals surface area contributed by atoms with E-state index in [1.807, 2.05) is 38.1 Å². The summed E-state index contributed by atoms with van der Waals surface area (Å²) < 4.78 is 25.4. The van der Waals surface area contributed by atoms with Crippen molar-refractivity contribution in [1.82, 2.24) is 4.31 Å².